The van der Waals surface area contributed by atoms with Crippen molar-refractivity contribution in [3.63, 3.8) is 0 Å². The number of aliphatic hydroxyl groups is 8. The molecule has 9 N–H and O–H groups in total. The molecule has 83 heavy (non-hydrogen) atoms. The van der Waals surface area contributed by atoms with Crippen LogP contribution in [0, 0.1) is 0 Å². The van der Waals surface area contributed by atoms with Crippen molar-refractivity contribution in [1.82, 2.24) is 5.32 Å². The van der Waals surface area contributed by atoms with E-state index in [0.717, 1.165) is 32.1 Å². The van der Waals surface area contributed by atoms with Crippen LogP contribution < -0.4 is 5.32 Å². The van der Waals surface area contributed by atoms with Crippen LogP contribution in [0.4, 0.5) is 0 Å². The van der Waals surface area contributed by atoms with Crippen LogP contribution >= 0.6 is 0 Å². The van der Waals surface area contributed by atoms with E-state index in [-0.39, 0.29) is 18.9 Å². The van der Waals surface area contributed by atoms with Gasteiger partial charge < -0.3 is 65.1 Å². The van der Waals surface area contributed by atoms with Gasteiger partial charge in [-0.25, -0.2) is 0 Å². The number of hydrogen-bond acceptors (Lipinski definition) is 13. The summed E-state index contributed by atoms with van der Waals surface area (Å²) in [7, 11) is 0. The molecular formula is C69H131NO13. The summed E-state index contributed by atoms with van der Waals surface area (Å²) >= 11 is 0. The average molecular weight is 1180 g/mol. The standard InChI is InChI=1S/C69H131NO13/c1-3-5-7-9-11-13-15-17-19-21-22-23-24-25-26-27-28-29-30-31-32-33-34-35-37-39-41-43-45-47-49-51-53-61(74)70-57(58(73)52-50-48-46-44-42-40-38-36-20-18-16-14-12-10-8-6-4-2)56-80-68-66(79)64(77)67(60(55-72)82-68)83-69-65(78)63(76)62(75)59(54-71)81-69/h42,44,50,52,57-60,62-69,71-73,75-79H,3-41,43,45-49,51,53-56H2,1-2H3,(H,70,74)/b44-42+,52-50+. The van der Waals surface area contributed by atoms with Gasteiger partial charge >= 0.3 is 0 Å². The molecule has 1 amide bonds. The summed E-state index contributed by atoms with van der Waals surface area (Å²) in [6.45, 7) is 2.82. The Kier molecular flexibility index (Phi) is 51.0. The van der Waals surface area contributed by atoms with Gasteiger partial charge in [0.25, 0.3) is 0 Å². The third-order valence-electron chi connectivity index (χ3n) is 17.4. The van der Waals surface area contributed by atoms with Gasteiger partial charge in [0, 0.05) is 6.42 Å². The number of aliphatic hydroxyl groups excluding tert-OH is 8. The molecule has 0 aliphatic carbocycles. The zero-order valence-electron chi connectivity index (χ0n) is 53.2. The normalized spacial score (nSPS) is 23.9. The number of carbonyl (C=O) groups excluding carboxylic acids is 1. The highest BCUT2D eigenvalue weighted by Gasteiger charge is 2.51. The summed E-state index contributed by atoms with van der Waals surface area (Å²) in [5.74, 6) is -0.242. The van der Waals surface area contributed by atoms with Gasteiger partial charge in [-0.1, -0.05) is 301 Å². The van der Waals surface area contributed by atoms with Crippen LogP contribution in [0.5, 0.6) is 0 Å². The van der Waals surface area contributed by atoms with E-state index in [0.29, 0.717) is 12.8 Å². The molecule has 0 bridgehead atoms. The topological polar surface area (TPSA) is 228 Å². The van der Waals surface area contributed by atoms with E-state index in [4.69, 9.17) is 18.9 Å². The maximum absolute atomic E-state index is 13.3. The summed E-state index contributed by atoms with van der Waals surface area (Å²) in [4.78, 5) is 13.3. The van der Waals surface area contributed by atoms with Crippen molar-refractivity contribution in [3.8, 4) is 0 Å². The van der Waals surface area contributed by atoms with Crippen molar-refractivity contribution in [2.75, 3.05) is 19.8 Å². The Balaban J connectivity index is 1.64. The molecule has 2 aliphatic heterocycles. The maximum Gasteiger partial charge on any atom is 0.220 e. The summed E-state index contributed by atoms with van der Waals surface area (Å²) in [5.41, 5.74) is 0. The number of unbranched alkanes of at least 4 members (excludes halogenated alkanes) is 43. The summed E-state index contributed by atoms with van der Waals surface area (Å²) < 4.78 is 22.8. The first-order valence-electron chi connectivity index (χ1n) is 35.1. The first-order valence-corrected chi connectivity index (χ1v) is 35.1. The Bertz CT molecular complexity index is 1490. The van der Waals surface area contributed by atoms with Gasteiger partial charge in [-0.2, -0.15) is 0 Å². The van der Waals surface area contributed by atoms with Crippen LogP contribution in [0.1, 0.15) is 316 Å². The predicted octanol–water partition coefficient (Wildman–Crippen LogP) is 14.0. The SMILES string of the molecule is CCCCCCCCCCCCC/C=C/CC/C=C/C(O)C(COC1OC(CO)C(OC2OC(CO)C(O)C(O)C2O)C(O)C1O)NC(=O)CCCCCCCCCCCCCCCCCCCCCCCCCCCCCCCCCC. The maximum atomic E-state index is 13.3. The molecule has 490 valence electrons. The third kappa shape index (κ3) is 39.2. The van der Waals surface area contributed by atoms with Gasteiger partial charge in [-0.3, -0.25) is 4.79 Å². The van der Waals surface area contributed by atoms with E-state index < -0.39 is 86.8 Å². The van der Waals surface area contributed by atoms with Gasteiger partial charge in [-0.15, -0.1) is 0 Å². The Morgan fingerprint density at radius 3 is 1.18 bits per heavy atom. The third-order valence-corrected chi connectivity index (χ3v) is 17.4. The highest BCUT2D eigenvalue weighted by atomic mass is 16.7. The van der Waals surface area contributed by atoms with Gasteiger partial charge in [-0.05, 0) is 32.1 Å². The van der Waals surface area contributed by atoms with Crippen molar-refractivity contribution in [1.29, 1.82) is 0 Å². The highest BCUT2D eigenvalue weighted by Crippen LogP contribution is 2.30. The van der Waals surface area contributed by atoms with Gasteiger partial charge in [0.2, 0.25) is 5.91 Å². The van der Waals surface area contributed by atoms with Gasteiger partial charge in [0.15, 0.2) is 12.6 Å². The van der Waals surface area contributed by atoms with E-state index in [1.807, 2.05) is 6.08 Å². The van der Waals surface area contributed by atoms with E-state index in [1.54, 1.807) is 6.08 Å². The first kappa shape index (κ1) is 77.6. The Morgan fingerprint density at radius 1 is 0.422 bits per heavy atom. The van der Waals surface area contributed by atoms with Crippen LogP contribution in [0.25, 0.3) is 0 Å². The number of allylic oxidation sites excluding steroid dienone is 3. The number of ether oxygens (including phenoxy) is 4. The second kappa shape index (κ2) is 54.6. The van der Waals surface area contributed by atoms with E-state index in [1.165, 1.54) is 250 Å². The zero-order valence-corrected chi connectivity index (χ0v) is 53.2. The van der Waals surface area contributed by atoms with Crippen LogP contribution in [-0.4, -0.2) is 140 Å². The van der Waals surface area contributed by atoms with E-state index >= 15 is 0 Å². The monoisotopic (exact) mass is 1180 g/mol. The number of amides is 1. The van der Waals surface area contributed by atoms with Crippen LogP contribution in [-0.2, 0) is 23.7 Å². The molecule has 2 fully saturated rings. The fourth-order valence-electron chi connectivity index (χ4n) is 11.8. The lowest BCUT2D eigenvalue weighted by atomic mass is 9.97. The molecule has 0 aromatic rings. The van der Waals surface area contributed by atoms with Gasteiger partial charge in [0.1, 0.15) is 48.8 Å². The van der Waals surface area contributed by atoms with E-state index in [9.17, 15) is 45.6 Å². The van der Waals surface area contributed by atoms with Crippen LogP contribution in [0.3, 0.4) is 0 Å². The largest absolute Gasteiger partial charge is 0.394 e. The first-order chi connectivity index (χ1) is 40.6. The lowest BCUT2D eigenvalue weighted by molar-refractivity contribution is -0.359. The highest BCUT2D eigenvalue weighted by molar-refractivity contribution is 5.76. The second-order valence-electron chi connectivity index (χ2n) is 25.0. The Hall–Kier alpha value is -1.53. The summed E-state index contributed by atoms with van der Waals surface area (Å²) in [5, 5.41) is 87.3. The number of carbonyl (C=O) groups is 1. The molecule has 0 aromatic heterocycles. The molecular weight excluding hydrogens is 1050 g/mol. The fraction of sp³-hybridized carbons (Fsp3) is 0.928. The van der Waals surface area contributed by atoms with Gasteiger partial charge in [0.05, 0.1) is 32.0 Å². The zero-order chi connectivity index (χ0) is 60.2. The molecule has 2 heterocycles. The number of hydrogen-bond donors (Lipinski definition) is 9. The number of rotatable bonds is 58. The minimum Gasteiger partial charge on any atom is -0.394 e. The molecule has 14 heteroatoms. The number of nitrogens with one attached hydrogen (secondary N) is 1. The molecule has 12 unspecified atom stereocenters. The lowest BCUT2D eigenvalue weighted by Gasteiger charge is -2.46. The molecule has 2 aliphatic rings. The minimum absolute atomic E-state index is 0.242. The minimum atomic E-state index is -1.79. The Labute approximate surface area is 507 Å². The fourth-order valence-corrected chi connectivity index (χ4v) is 11.8. The summed E-state index contributed by atoms with van der Waals surface area (Å²) in [6, 6.07) is -0.928. The van der Waals surface area contributed by atoms with Crippen molar-refractivity contribution < 1.29 is 64.6 Å². The molecule has 12 atom stereocenters. The quantitative estimate of drug-likeness (QED) is 0.0204. The van der Waals surface area contributed by atoms with Crippen LogP contribution in [0.15, 0.2) is 24.3 Å². The van der Waals surface area contributed by atoms with Crippen molar-refractivity contribution >= 4 is 5.91 Å². The molecule has 0 radical (unpaired) electrons. The van der Waals surface area contributed by atoms with Crippen molar-refractivity contribution in [2.45, 2.75) is 389 Å². The van der Waals surface area contributed by atoms with Crippen LogP contribution in [0.2, 0.25) is 0 Å². The molecule has 0 saturated carbocycles. The Morgan fingerprint density at radius 2 is 0.771 bits per heavy atom. The van der Waals surface area contributed by atoms with Crippen molar-refractivity contribution in [3.05, 3.63) is 24.3 Å². The molecule has 14 nitrogen and oxygen atoms in total. The predicted molar refractivity (Wildman–Crippen MR) is 337 cm³/mol. The molecule has 0 aromatic carbocycles. The van der Waals surface area contributed by atoms with E-state index in [2.05, 4.69) is 31.3 Å². The second-order valence-corrected chi connectivity index (χ2v) is 25.0. The molecule has 2 rings (SSSR count). The molecule has 0 spiro atoms. The summed E-state index contributed by atoms with van der Waals surface area (Å²) in [6.07, 6.45) is 51.1. The van der Waals surface area contributed by atoms with Crippen molar-refractivity contribution in [2.24, 2.45) is 0 Å². The lowest BCUT2D eigenvalue weighted by Crippen LogP contribution is -2.65. The average Bonchev–Trinajstić information content (AvgIpc) is 3.59. The molecule has 2 saturated heterocycles. The smallest absolute Gasteiger partial charge is 0.220 e.